The molecule has 1 unspecified atom stereocenters. The number of nitrogens with zero attached hydrogens (tertiary/aromatic N) is 4. The number of anilines is 1. The largest absolute Gasteiger partial charge is 0.444 e. The SMILES string of the molecule is CC(C)(C)OC(=O)N1CCC2(CC1)CCN(c1ccc3cc(-c4nn(C5CCCCO5)c5c4C[C@@H]4C(F)(F)[C@]4(C)C5)[nH]c3c1)C2=O. The van der Waals surface area contributed by atoms with Crippen molar-refractivity contribution in [2.45, 2.75) is 96.8 Å². The molecule has 11 heteroatoms. The van der Waals surface area contributed by atoms with Crippen molar-refractivity contribution in [3.8, 4) is 11.4 Å². The Kier molecular flexibility index (Phi) is 6.51. The Labute approximate surface area is 267 Å². The number of alkyl halides is 2. The number of piperidine rings is 1. The lowest BCUT2D eigenvalue weighted by atomic mass is 9.77. The first kappa shape index (κ1) is 29.9. The van der Waals surface area contributed by atoms with Crippen LogP contribution in [0, 0.1) is 16.7 Å². The Bertz CT molecular complexity index is 1730. The average Bonchev–Trinajstić information content (AvgIpc) is 3.49. The number of fused-ring (bicyclic) bond motifs is 3. The highest BCUT2D eigenvalue weighted by Crippen LogP contribution is 2.70. The second kappa shape index (κ2) is 10.0. The second-order valence-electron chi connectivity index (χ2n) is 15.4. The third kappa shape index (κ3) is 4.51. The number of benzene rings is 1. The highest BCUT2D eigenvalue weighted by molar-refractivity contribution is 6.02. The predicted molar refractivity (Wildman–Crippen MR) is 169 cm³/mol. The van der Waals surface area contributed by atoms with Crippen molar-refractivity contribution in [3.63, 3.8) is 0 Å². The summed E-state index contributed by atoms with van der Waals surface area (Å²) in [5.74, 6) is -3.24. The number of hydrogen-bond donors (Lipinski definition) is 1. The fourth-order valence-electron chi connectivity index (χ4n) is 8.48. The number of carbonyl (C=O) groups excluding carboxylic acids is 2. The van der Waals surface area contributed by atoms with Crippen LogP contribution in [0.3, 0.4) is 0 Å². The molecule has 0 radical (unpaired) electrons. The van der Waals surface area contributed by atoms with Gasteiger partial charge >= 0.3 is 6.09 Å². The van der Waals surface area contributed by atoms with Crippen molar-refractivity contribution in [1.29, 1.82) is 0 Å². The van der Waals surface area contributed by atoms with E-state index in [2.05, 4.69) is 4.98 Å². The van der Waals surface area contributed by atoms with Crippen LogP contribution < -0.4 is 4.90 Å². The zero-order valence-electron chi connectivity index (χ0n) is 27.1. The van der Waals surface area contributed by atoms with Gasteiger partial charge in [-0.25, -0.2) is 18.3 Å². The summed E-state index contributed by atoms with van der Waals surface area (Å²) in [6.07, 6.45) is 4.88. The third-order valence-electron chi connectivity index (χ3n) is 11.4. The summed E-state index contributed by atoms with van der Waals surface area (Å²) in [4.78, 5) is 33.6. The molecule has 5 aliphatic rings. The Morgan fingerprint density at radius 3 is 2.59 bits per heavy atom. The van der Waals surface area contributed by atoms with E-state index < -0.39 is 28.3 Å². The van der Waals surface area contributed by atoms with Crippen molar-refractivity contribution >= 4 is 28.6 Å². The fourth-order valence-corrected chi connectivity index (χ4v) is 8.48. The number of rotatable bonds is 3. The van der Waals surface area contributed by atoms with Gasteiger partial charge in [0.15, 0.2) is 0 Å². The lowest BCUT2D eigenvalue weighted by molar-refractivity contribution is -0.128. The van der Waals surface area contributed by atoms with Gasteiger partial charge in [-0.2, -0.15) is 5.10 Å². The van der Waals surface area contributed by atoms with Gasteiger partial charge in [0.2, 0.25) is 5.91 Å². The fraction of sp³-hybridized carbons (Fsp3) is 0.629. The van der Waals surface area contributed by atoms with E-state index in [1.807, 2.05) is 54.6 Å². The zero-order chi connectivity index (χ0) is 32.2. The van der Waals surface area contributed by atoms with E-state index >= 15 is 0 Å². The minimum Gasteiger partial charge on any atom is -0.444 e. The number of nitrogens with one attached hydrogen (secondary N) is 1. The smallest absolute Gasteiger partial charge is 0.410 e. The molecule has 46 heavy (non-hydrogen) atoms. The molecule has 5 heterocycles. The highest BCUT2D eigenvalue weighted by atomic mass is 19.3. The highest BCUT2D eigenvalue weighted by Gasteiger charge is 2.78. The lowest BCUT2D eigenvalue weighted by Gasteiger charge is -2.38. The monoisotopic (exact) mass is 635 g/mol. The van der Waals surface area contributed by atoms with Crippen molar-refractivity contribution in [2.75, 3.05) is 31.1 Å². The van der Waals surface area contributed by atoms with Crippen LogP contribution in [0.15, 0.2) is 24.3 Å². The molecule has 3 saturated heterocycles. The summed E-state index contributed by atoms with van der Waals surface area (Å²) in [5.41, 5.74) is 2.94. The molecular weight excluding hydrogens is 592 g/mol. The number of aromatic nitrogens is 3. The molecule has 3 atom stereocenters. The molecule has 246 valence electrons. The number of ether oxygens (including phenoxy) is 2. The van der Waals surface area contributed by atoms with Gasteiger partial charge < -0.3 is 24.3 Å². The van der Waals surface area contributed by atoms with Crippen LogP contribution in [0.2, 0.25) is 0 Å². The number of amides is 2. The number of likely N-dealkylation sites (tertiary alicyclic amines) is 1. The Hall–Kier alpha value is -3.47. The maximum Gasteiger partial charge on any atom is 0.410 e. The predicted octanol–water partition coefficient (Wildman–Crippen LogP) is 6.85. The minimum absolute atomic E-state index is 0.108. The van der Waals surface area contributed by atoms with Gasteiger partial charge in [-0.05, 0) is 83.9 Å². The van der Waals surface area contributed by atoms with Gasteiger partial charge in [0, 0.05) is 71.8 Å². The second-order valence-corrected chi connectivity index (χ2v) is 15.4. The van der Waals surface area contributed by atoms with Gasteiger partial charge in [-0.15, -0.1) is 0 Å². The average molecular weight is 636 g/mol. The normalized spacial score (nSPS) is 28.4. The third-order valence-corrected chi connectivity index (χ3v) is 11.4. The number of halogens is 2. The summed E-state index contributed by atoms with van der Waals surface area (Å²) >= 11 is 0. The molecule has 1 spiro atoms. The van der Waals surface area contributed by atoms with E-state index in [0.717, 1.165) is 64.9 Å². The summed E-state index contributed by atoms with van der Waals surface area (Å²) in [7, 11) is 0. The molecule has 1 saturated carbocycles. The standard InChI is InChI=1S/C35H43F2N5O4/c1-32(2,3)46-31(44)40-13-10-34(11-14-40)12-15-41(30(34)43)22-9-8-21-17-25(38-24(21)18-22)29-23-19-27-33(4,35(27,36)37)20-26(23)42(39-29)28-7-5-6-16-45-28/h8-9,17-18,27-28,38H,5-7,10-16,19-20H2,1-4H3/t27-,28?,33+/m0/s1. The minimum atomic E-state index is -2.68. The summed E-state index contributed by atoms with van der Waals surface area (Å²) in [6, 6.07) is 8.03. The Morgan fingerprint density at radius 2 is 1.87 bits per heavy atom. The van der Waals surface area contributed by atoms with E-state index in [9.17, 15) is 18.4 Å². The topological polar surface area (TPSA) is 92.7 Å². The maximum absolute atomic E-state index is 14.9. The molecule has 3 aliphatic heterocycles. The molecule has 2 aromatic heterocycles. The lowest BCUT2D eigenvalue weighted by Crippen LogP contribution is -2.48. The first-order valence-electron chi connectivity index (χ1n) is 16.8. The van der Waals surface area contributed by atoms with Crippen LogP contribution in [0.1, 0.15) is 83.7 Å². The van der Waals surface area contributed by atoms with Gasteiger partial charge in [0.25, 0.3) is 5.92 Å². The van der Waals surface area contributed by atoms with Crippen molar-refractivity contribution in [2.24, 2.45) is 16.7 Å². The maximum atomic E-state index is 14.9. The zero-order valence-corrected chi connectivity index (χ0v) is 27.1. The number of aromatic amines is 1. The van der Waals surface area contributed by atoms with E-state index in [4.69, 9.17) is 14.6 Å². The van der Waals surface area contributed by atoms with Gasteiger partial charge in [0.1, 0.15) is 17.5 Å². The van der Waals surface area contributed by atoms with Gasteiger partial charge in [-0.3, -0.25) is 4.79 Å². The number of carbonyl (C=O) groups is 2. The first-order chi connectivity index (χ1) is 21.8. The molecule has 4 fully saturated rings. The molecule has 3 aromatic rings. The van der Waals surface area contributed by atoms with Gasteiger partial charge in [-0.1, -0.05) is 13.0 Å². The van der Waals surface area contributed by atoms with Crippen LogP contribution in [-0.4, -0.2) is 69.4 Å². The molecule has 0 bridgehead atoms. The van der Waals surface area contributed by atoms with E-state index in [-0.39, 0.29) is 18.2 Å². The molecule has 2 amide bonds. The van der Waals surface area contributed by atoms with Gasteiger partial charge in [0.05, 0.1) is 11.1 Å². The number of H-pyrrole nitrogens is 1. The van der Waals surface area contributed by atoms with E-state index in [1.54, 1.807) is 11.8 Å². The van der Waals surface area contributed by atoms with Crippen LogP contribution in [0.4, 0.5) is 19.3 Å². The van der Waals surface area contributed by atoms with Crippen LogP contribution in [0.25, 0.3) is 22.3 Å². The Balaban J connectivity index is 1.05. The van der Waals surface area contributed by atoms with Crippen molar-refractivity contribution in [1.82, 2.24) is 19.7 Å². The van der Waals surface area contributed by atoms with E-state index in [1.165, 1.54) is 0 Å². The quantitative estimate of drug-likeness (QED) is 0.340. The number of hydrogen-bond acceptors (Lipinski definition) is 5. The van der Waals surface area contributed by atoms with Crippen LogP contribution in [0.5, 0.6) is 0 Å². The molecule has 9 nitrogen and oxygen atoms in total. The first-order valence-corrected chi connectivity index (χ1v) is 16.8. The molecule has 1 N–H and O–H groups in total. The van der Waals surface area contributed by atoms with Crippen molar-refractivity contribution < 1.29 is 27.8 Å². The molecule has 2 aliphatic carbocycles. The van der Waals surface area contributed by atoms with E-state index in [0.29, 0.717) is 51.9 Å². The summed E-state index contributed by atoms with van der Waals surface area (Å²) < 4.78 is 43.4. The van der Waals surface area contributed by atoms with Crippen LogP contribution >= 0.6 is 0 Å². The molecule has 8 rings (SSSR count). The molecule has 1 aromatic carbocycles. The van der Waals surface area contributed by atoms with Crippen LogP contribution in [-0.2, 0) is 27.1 Å². The molecular formula is C35H43F2N5O4. The summed E-state index contributed by atoms with van der Waals surface area (Å²) in [6.45, 7) is 9.55. The Morgan fingerprint density at radius 1 is 1.11 bits per heavy atom. The summed E-state index contributed by atoms with van der Waals surface area (Å²) in [5, 5.41) is 6.01. The van der Waals surface area contributed by atoms with Crippen molar-refractivity contribution in [3.05, 3.63) is 35.5 Å².